The number of non-ortho nitro benzene ring substituents is 1. The van der Waals surface area contributed by atoms with Gasteiger partial charge in [0, 0.05) is 23.7 Å². The zero-order valence-electron chi connectivity index (χ0n) is 12.9. The van der Waals surface area contributed by atoms with E-state index in [0.717, 1.165) is 17.7 Å². The quantitative estimate of drug-likeness (QED) is 0.496. The summed E-state index contributed by atoms with van der Waals surface area (Å²) in [4.78, 5) is 10.7. The summed E-state index contributed by atoms with van der Waals surface area (Å²) in [5, 5.41) is 14.7. The van der Waals surface area contributed by atoms with E-state index in [9.17, 15) is 10.1 Å². The van der Waals surface area contributed by atoms with Gasteiger partial charge >= 0.3 is 0 Å². The van der Waals surface area contributed by atoms with Crippen molar-refractivity contribution in [3.63, 3.8) is 0 Å². The monoisotopic (exact) mass is 306 g/mol. The van der Waals surface area contributed by atoms with Crippen LogP contribution in [0.25, 0.3) is 0 Å². The summed E-state index contributed by atoms with van der Waals surface area (Å²) in [7, 11) is 0. The molecule has 4 heteroatoms. The summed E-state index contributed by atoms with van der Waals surface area (Å²) in [6, 6.07) is 14.0. The van der Waals surface area contributed by atoms with Crippen LogP contribution in [0.4, 0.5) is 11.4 Å². The molecule has 3 atom stereocenters. The van der Waals surface area contributed by atoms with Gasteiger partial charge in [-0.05, 0) is 36.5 Å². The van der Waals surface area contributed by atoms with Gasteiger partial charge in [-0.25, -0.2) is 0 Å². The number of allylic oxidation sites excluding steroid dienone is 2. The van der Waals surface area contributed by atoms with E-state index in [4.69, 9.17) is 0 Å². The summed E-state index contributed by atoms with van der Waals surface area (Å²) < 4.78 is 0. The Morgan fingerprint density at radius 1 is 1.17 bits per heavy atom. The van der Waals surface area contributed by atoms with Crippen LogP contribution in [0.3, 0.4) is 0 Å². The van der Waals surface area contributed by atoms with Crippen molar-refractivity contribution in [2.75, 3.05) is 5.32 Å². The van der Waals surface area contributed by atoms with E-state index in [1.807, 2.05) is 6.07 Å². The molecule has 1 N–H and O–H groups in total. The van der Waals surface area contributed by atoms with E-state index >= 15 is 0 Å². The highest BCUT2D eigenvalue weighted by Crippen LogP contribution is 2.50. The van der Waals surface area contributed by atoms with Crippen LogP contribution < -0.4 is 5.32 Å². The fourth-order valence-corrected chi connectivity index (χ4v) is 3.80. The highest BCUT2D eigenvalue weighted by Gasteiger charge is 2.38. The molecule has 0 radical (unpaired) electrons. The number of benzene rings is 2. The molecule has 2 aliphatic rings. The third-order valence-electron chi connectivity index (χ3n) is 4.99. The SMILES string of the molecule is Cc1ccc([C@H]2Nc3ccc([N+](=O)[O-])cc3C3C=CCC32)cc1. The van der Waals surface area contributed by atoms with Gasteiger partial charge in [0.1, 0.15) is 0 Å². The van der Waals surface area contributed by atoms with Crippen LogP contribution in [0.1, 0.15) is 35.1 Å². The number of nitrogens with zero attached hydrogens (tertiary/aromatic N) is 1. The first-order valence-corrected chi connectivity index (χ1v) is 7.91. The van der Waals surface area contributed by atoms with Gasteiger partial charge in [0.15, 0.2) is 0 Å². The van der Waals surface area contributed by atoms with Crippen LogP contribution in [0.5, 0.6) is 0 Å². The zero-order chi connectivity index (χ0) is 16.0. The highest BCUT2D eigenvalue weighted by atomic mass is 16.6. The maximum Gasteiger partial charge on any atom is 0.269 e. The number of hydrogen-bond acceptors (Lipinski definition) is 3. The Bertz CT molecular complexity index is 796. The van der Waals surface area contributed by atoms with Crippen LogP contribution in [0.15, 0.2) is 54.6 Å². The third-order valence-corrected chi connectivity index (χ3v) is 4.99. The van der Waals surface area contributed by atoms with Gasteiger partial charge in [0.05, 0.1) is 11.0 Å². The molecule has 1 aliphatic carbocycles. The molecule has 2 aromatic carbocycles. The van der Waals surface area contributed by atoms with Gasteiger partial charge in [-0.3, -0.25) is 10.1 Å². The number of nitrogens with one attached hydrogen (secondary N) is 1. The highest BCUT2D eigenvalue weighted by molar-refractivity contribution is 5.62. The zero-order valence-corrected chi connectivity index (χ0v) is 12.9. The lowest BCUT2D eigenvalue weighted by Crippen LogP contribution is -2.29. The van der Waals surface area contributed by atoms with Crippen molar-refractivity contribution >= 4 is 11.4 Å². The van der Waals surface area contributed by atoms with Crippen molar-refractivity contribution in [2.45, 2.75) is 25.3 Å². The lowest BCUT2D eigenvalue weighted by atomic mass is 9.77. The van der Waals surface area contributed by atoms with Crippen molar-refractivity contribution in [3.05, 3.63) is 81.4 Å². The Balaban J connectivity index is 1.77. The van der Waals surface area contributed by atoms with Crippen LogP contribution in [0.2, 0.25) is 0 Å². The molecule has 4 rings (SSSR count). The fraction of sp³-hybridized carbons (Fsp3) is 0.263. The number of hydrogen-bond donors (Lipinski definition) is 1. The Morgan fingerprint density at radius 3 is 2.70 bits per heavy atom. The topological polar surface area (TPSA) is 55.2 Å². The summed E-state index contributed by atoms with van der Waals surface area (Å²) in [5.74, 6) is 0.657. The molecule has 1 aliphatic heterocycles. The second kappa shape index (κ2) is 5.23. The lowest BCUT2D eigenvalue weighted by molar-refractivity contribution is -0.384. The molecule has 2 aromatic rings. The molecule has 116 valence electrons. The van der Waals surface area contributed by atoms with E-state index < -0.39 is 0 Å². The summed E-state index contributed by atoms with van der Waals surface area (Å²) >= 11 is 0. The van der Waals surface area contributed by atoms with Crippen molar-refractivity contribution in [1.29, 1.82) is 0 Å². The van der Waals surface area contributed by atoms with Gasteiger partial charge in [-0.2, -0.15) is 0 Å². The van der Waals surface area contributed by atoms with Crippen LogP contribution in [-0.4, -0.2) is 4.92 Å². The number of aryl methyl sites for hydroxylation is 1. The number of fused-ring (bicyclic) bond motifs is 3. The molecule has 4 nitrogen and oxygen atoms in total. The van der Waals surface area contributed by atoms with Gasteiger partial charge in [0.2, 0.25) is 0 Å². The molecular formula is C19H18N2O2. The minimum atomic E-state index is -0.319. The maximum atomic E-state index is 11.1. The normalized spacial score (nSPS) is 24.7. The standard InChI is InChI=1S/C19H18N2O2/c1-12-5-7-13(8-6-12)19-16-4-2-3-15(16)17-11-14(21(22)23)9-10-18(17)20-19/h2-3,5-11,15-16,19-20H,4H2,1H3/t15?,16?,19-/m1/s1. The molecule has 23 heavy (non-hydrogen) atoms. The number of nitro benzene ring substituents is 1. The van der Waals surface area contributed by atoms with Crippen molar-refractivity contribution < 1.29 is 4.92 Å². The molecule has 1 heterocycles. The van der Waals surface area contributed by atoms with Gasteiger partial charge in [-0.1, -0.05) is 42.0 Å². The fourth-order valence-electron chi connectivity index (χ4n) is 3.80. The maximum absolute atomic E-state index is 11.1. The number of nitro groups is 1. The van der Waals surface area contributed by atoms with E-state index in [2.05, 4.69) is 48.7 Å². The van der Waals surface area contributed by atoms with E-state index in [0.29, 0.717) is 5.92 Å². The van der Waals surface area contributed by atoms with E-state index in [1.165, 1.54) is 11.1 Å². The Morgan fingerprint density at radius 2 is 1.96 bits per heavy atom. The smallest absolute Gasteiger partial charge is 0.269 e. The van der Waals surface area contributed by atoms with Crippen molar-refractivity contribution in [1.82, 2.24) is 0 Å². The van der Waals surface area contributed by atoms with Crippen LogP contribution >= 0.6 is 0 Å². The molecule has 0 fully saturated rings. The molecule has 0 saturated heterocycles. The predicted molar refractivity (Wildman–Crippen MR) is 90.6 cm³/mol. The second-order valence-corrected chi connectivity index (χ2v) is 6.41. The summed E-state index contributed by atoms with van der Waals surface area (Å²) in [6.07, 6.45) is 5.40. The Hall–Kier alpha value is -2.62. The first-order chi connectivity index (χ1) is 11.1. The van der Waals surface area contributed by atoms with Gasteiger partial charge in [0.25, 0.3) is 5.69 Å². The van der Waals surface area contributed by atoms with Crippen LogP contribution in [0, 0.1) is 23.0 Å². The molecule has 0 aromatic heterocycles. The van der Waals surface area contributed by atoms with E-state index in [1.54, 1.807) is 12.1 Å². The Kier molecular flexibility index (Phi) is 3.18. The average Bonchev–Trinajstić information content (AvgIpc) is 3.04. The number of rotatable bonds is 2. The molecule has 2 unspecified atom stereocenters. The molecule has 0 bridgehead atoms. The molecule has 0 saturated carbocycles. The minimum Gasteiger partial charge on any atom is -0.378 e. The molecule has 0 spiro atoms. The van der Waals surface area contributed by atoms with Gasteiger partial charge < -0.3 is 5.32 Å². The summed E-state index contributed by atoms with van der Waals surface area (Å²) in [5.41, 5.74) is 4.74. The Labute approximate surface area is 135 Å². The van der Waals surface area contributed by atoms with Gasteiger partial charge in [-0.15, -0.1) is 0 Å². The first kappa shape index (κ1) is 14.0. The molecule has 0 amide bonds. The van der Waals surface area contributed by atoms with Crippen molar-refractivity contribution in [3.8, 4) is 0 Å². The number of anilines is 1. The predicted octanol–water partition coefficient (Wildman–Crippen LogP) is 4.73. The minimum absolute atomic E-state index is 0.165. The van der Waals surface area contributed by atoms with Crippen LogP contribution in [-0.2, 0) is 0 Å². The summed E-state index contributed by atoms with van der Waals surface area (Å²) in [6.45, 7) is 2.09. The first-order valence-electron chi connectivity index (χ1n) is 7.91. The third kappa shape index (κ3) is 2.31. The lowest BCUT2D eigenvalue weighted by Gasteiger charge is -2.37. The second-order valence-electron chi connectivity index (χ2n) is 6.41. The van der Waals surface area contributed by atoms with E-state index in [-0.39, 0.29) is 22.6 Å². The molecular weight excluding hydrogens is 288 g/mol. The van der Waals surface area contributed by atoms with Crippen molar-refractivity contribution in [2.24, 2.45) is 5.92 Å². The average molecular weight is 306 g/mol. The largest absolute Gasteiger partial charge is 0.378 e.